The first-order valence-electron chi connectivity index (χ1n) is 19.6. The fraction of sp³-hybridized carbons (Fsp3) is 0.488. The molecule has 2 aromatic carbocycles. The average Bonchev–Trinajstić information content (AvgIpc) is 3.78. The van der Waals surface area contributed by atoms with Crippen molar-refractivity contribution in [2.45, 2.75) is 146 Å². The molecule has 0 radical (unpaired) electrons. The summed E-state index contributed by atoms with van der Waals surface area (Å²) in [5.74, 6) is -6.99. The van der Waals surface area contributed by atoms with Crippen molar-refractivity contribution in [3.63, 3.8) is 0 Å². The number of hydrogen-bond acceptors (Lipinski definition) is 10. The van der Waals surface area contributed by atoms with Crippen molar-refractivity contribution in [2.24, 2.45) is 0 Å². The molecule has 0 saturated carbocycles. The molecule has 4 N–H and O–H groups in total. The second kappa shape index (κ2) is 18.5. The lowest BCUT2D eigenvalue weighted by molar-refractivity contribution is -0.119. The first-order valence-corrected chi connectivity index (χ1v) is 23.9. The average molecular weight is 932 g/mol. The van der Waals surface area contributed by atoms with Gasteiger partial charge in [0.1, 0.15) is 26.7 Å². The minimum Gasteiger partial charge on any atom is -0.451 e. The van der Waals surface area contributed by atoms with Crippen LogP contribution in [0, 0.1) is 24.4 Å². The van der Waals surface area contributed by atoms with Crippen molar-refractivity contribution in [3.8, 4) is 0 Å². The summed E-state index contributed by atoms with van der Waals surface area (Å²) in [6.07, 6.45) is 0.227. The molecule has 18 heteroatoms. The SMILES string of the molecule is Cc1c(C(C)(C)O)csc1S(=O)(=O)NC(=O)Cc1c(C(C)C)cc(F)cc1C(C)CCC(C)c1c(F)c(Cl)c(F)c(C(C)C)c1CC(=O)NS(=O)(=O)c1cc(C(C)(C)O)co1. The van der Waals surface area contributed by atoms with E-state index in [1.54, 1.807) is 41.5 Å². The smallest absolute Gasteiger partial charge is 0.297 e. The number of benzene rings is 2. The number of hydrogen-bond donors (Lipinski definition) is 4. The van der Waals surface area contributed by atoms with Crippen molar-refractivity contribution in [2.75, 3.05) is 0 Å². The third kappa shape index (κ3) is 11.3. The molecule has 2 aromatic heterocycles. The Bertz CT molecular complexity index is 2540. The van der Waals surface area contributed by atoms with Crippen molar-refractivity contribution in [3.05, 3.63) is 102 Å². The molecule has 336 valence electrons. The van der Waals surface area contributed by atoms with Gasteiger partial charge in [0.15, 0.2) is 0 Å². The van der Waals surface area contributed by atoms with Crippen molar-refractivity contribution >= 4 is 54.8 Å². The molecule has 4 aromatic rings. The van der Waals surface area contributed by atoms with Crippen LogP contribution in [-0.4, -0.2) is 38.9 Å². The van der Waals surface area contributed by atoms with Crippen LogP contribution in [0.25, 0.3) is 0 Å². The van der Waals surface area contributed by atoms with Crippen molar-refractivity contribution < 1.29 is 54.2 Å². The van der Waals surface area contributed by atoms with Crippen LogP contribution in [0.15, 0.2) is 43.6 Å². The molecule has 11 nitrogen and oxygen atoms in total. The Labute approximate surface area is 365 Å². The molecule has 2 atom stereocenters. The Morgan fingerprint density at radius 2 is 1.30 bits per heavy atom. The number of furan rings is 1. The third-order valence-electron chi connectivity index (χ3n) is 10.7. The molecular weight excluding hydrogens is 877 g/mol. The van der Waals surface area contributed by atoms with E-state index in [1.165, 1.54) is 52.1 Å². The summed E-state index contributed by atoms with van der Waals surface area (Å²) in [6, 6.07) is 3.61. The van der Waals surface area contributed by atoms with Gasteiger partial charge in [-0.1, -0.05) is 53.1 Å². The van der Waals surface area contributed by atoms with E-state index in [0.29, 0.717) is 27.8 Å². The fourth-order valence-corrected chi connectivity index (χ4v) is 11.4. The number of sulfonamides is 2. The summed E-state index contributed by atoms with van der Waals surface area (Å²) in [7, 11) is -8.97. The Morgan fingerprint density at radius 1 is 0.770 bits per heavy atom. The van der Waals surface area contributed by atoms with Gasteiger partial charge in [0.2, 0.25) is 16.9 Å². The van der Waals surface area contributed by atoms with E-state index in [9.17, 15) is 36.6 Å². The Balaban J connectivity index is 1.65. The number of rotatable bonds is 17. The van der Waals surface area contributed by atoms with Crippen LogP contribution in [0.3, 0.4) is 0 Å². The topological polar surface area (TPSA) is 180 Å². The largest absolute Gasteiger partial charge is 0.451 e. The summed E-state index contributed by atoms with van der Waals surface area (Å²) >= 11 is 7.07. The summed E-state index contributed by atoms with van der Waals surface area (Å²) in [6.45, 7) is 17.6. The molecule has 0 saturated heterocycles. The van der Waals surface area contributed by atoms with Crippen LogP contribution >= 0.6 is 22.9 Å². The maximum absolute atomic E-state index is 16.2. The third-order valence-corrected chi connectivity index (χ3v) is 15.3. The van der Waals surface area contributed by atoms with E-state index >= 15 is 13.2 Å². The van der Waals surface area contributed by atoms with Gasteiger partial charge in [-0.2, -0.15) is 8.42 Å². The molecule has 0 spiro atoms. The molecule has 2 amide bonds. The lowest BCUT2D eigenvalue weighted by Crippen LogP contribution is -2.32. The highest BCUT2D eigenvalue weighted by Gasteiger charge is 2.33. The molecule has 0 bridgehead atoms. The molecule has 0 aliphatic carbocycles. The molecule has 0 aliphatic rings. The summed E-state index contributed by atoms with van der Waals surface area (Å²) < 4.78 is 109. The Morgan fingerprint density at radius 3 is 1.80 bits per heavy atom. The summed E-state index contributed by atoms with van der Waals surface area (Å²) in [4.78, 5) is 26.9. The second-order valence-electron chi connectivity index (χ2n) is 17.2. The Hall–Kier alpha value is -3.74. The molecular formula is C43H54ClF3N2O9S3. The normalized spacial score (nSPS) is 13.8. The monoisotopic (exact) mass is 930 g/mol. The number of aliphatic hydroxyl groups is 2. The number of amides is 2. The van der Waals surface area contributed by atoms with Gasteiger partial charge < -0.3 is 14.6 Å². The van der Waals surface area contributed by atoms with Gasteiger partial charge in [-0.3, -0.25) is 9.59 Å². The van der Waals surface area contributed by atoms with Crippen LogP contribution in [0.2, 0.25) is 5.02 Å². The Kier molecular flexibility index (Phi) is 15.2. The number of thiophene rings is 1. The van der Waals surface area contributed by atoms with Gasteiger partial charge in [-0.15, -0.1) is 11.3 Å². The first-order chi connectivity index (χ1) is 27.9. The van der Waals surface area contributed by atoms with Gasteiger partial charge in [-0.05, 0) is 133 Å². The van der Waals surface area contributed by atoms with E-state index in [-0.39, 0.29) is 45.2 Å². The van der Waals surface area contributed by atoms with Gasteiger partial charge in [0.25, 0.3) is 20.0 Å². The number of carbonyl (C=O) groups is 2. The van der Waals surface area contributed by atoms with E-state index in [1.807, 2.05) is 4.72 Å². The maximum Gasteiger partial charge on any atom is 0.297 e. The zero-order valence-electron chi connectivity index (χ0n) is 36.0. The van der Waals surface area contributed by atoms with E-state index in [2.05, 4.69) is 4.72 Å². The van der Waals surface area contributed by atoms with Crippen molar-refractivity contribution in [1.82, 2.24) is 9.44 Å². The van der Waals surface area contributed by atoms with E-state index in [4.69, 9.17) is 16.0 Å². The lowest BCUT2D eigenvalue weighted by atomic mass is 9.80. The van der Waals surface area contributed by atoms with Gasteiger partial charge in [-0.25, -0.2) is 31.0 Å². The van der Waals surface area contributed by atoms with E-state index < -0.39 is 101 Å². The quantitative estimate of drug-likeness (QED) is 0.0751. The predicted octanol–water partition coefficient (Wildman–Crippen LogP) is 9.20. The minimum atomic E-state index is -4.61. The highest BCUT2D eigenvalue weighted by molar-refractivity contribution is 7.92. The zero-order chi connectivity index (χ0) is 46.3. The second-order valence-corrected chi connectivity index (χ2v) is 22.0. The highest BCUT2D eigenvalue weighted by atomic mass is 35.5. The molecule has 2 unspecified atom stereocenters. The lowest BCUT2D eigenvalue weighted by Gasteiger charge is -2.26. The first kappa shape index (κ1) is 49.9. The van der Waals surface area contributed by atoms with Gasteiger partial charge in [0.05, 0.1) is 30.3 Å². The zero-order valence-corrected chi connectivity index (χ0v) is 39.2. The highest BCUT2D eigenvalue weighted by Crippen LogP contribution is 2.41. The number of nitrogens with one attached hydrogen (secondary N) is 2. The molecule has 61 heavy (non-hydrogen) atoms. The van der Waals surface area contributed by atoms with E-state index in [0.717, 1.165) is 23.7 Å². The molecule has 0 aliphatic heterocycles. The number of halogens is 4. The fourth-order valence-electron chi connectivity index (χ4n) is 7.52. The molecule has 4 rings (SSSR count). The van der Waals surface area contributed by atoms with Crippen LogP contribution in [0.5, 0.6) is 0 Å². The van der Waals surface area contributed by atoms with Gasteiger partial charge in [0, 0.05) is 11.6 Å². The molecule has 2 heterocycles. The predicted molar refractivity (Wildman–Crippen MR) is 228 cm³/mol. The summed E-state index contributed by atoms with van der Waals surface area (Å²) in [5, 5.41) is 20.8. The van der Waals surface area contributed by atoms with Gasteiger partial charge >= 0.3 is 0 Å². The minimum absolute atomic E-state index is 0.0832. The standard InChI is InChI=1S/C43H54ClF3N2O9S3/c1-21(2)28-15-27(45)16-29(30(28)17-33(50)49-61(56,57)41-25(7)32(20-59-41)43(10,11)53)23(5)12-13-24(6)37-31(36(22(3)4)39(46)38(44)40(37)47)18-34(51)48-60(54,55)35-14-26(19-58-35)42(8,9)52/h14-16,19-24,52-53H,12-13,17-18H2,1-11H3,(H,48,51)(H,49,50). The van der Waals surface area contributed by atoms with Crippen LogP contribution < -0.4 is 9.44 Å². The van der Waals surface area contributed by atoms with Crippen LogP contribution in [0.1, 0.15) is 156 Å². The maximum atomic E-state index is 16.2. The van der Waals surface area contributed by atoms with Crippen molar-refractivity contribution in [1.29, 1.82) is 0 Å². The summed E-state index contributed by atoms with van der Waals surface area (Å²) in [5.41, 5.74) is -0.937. The molecule has 0 fully saturated rings. The number of carbonyl (C=O) groups excluding carboxylic acids is 2. The van der Waals surface area contributed by atoms with Crippen LogP contribution in [-0.2, 0) is 53.7 Å². The van der Waals surface area contributed by atoms with Crippen LogP contribution in [0.4, 0.5) is 13.2 Å².